The van der Waals surface area contributed by atoms with Crippen LogP contribution in [0.2, 0.25) is 0 Å². The van der Waals surface area contributed by atoms with E-state index in [0.717, 1.165) is 19.3 Å². The van der Waals surface area contributed by atoms with Crippen LogP contribution in [0.5, 0.6) is 0 Å². The van der Waals surface area contributed by atoms with Crippen LogP contribution in [-0.4, -0.2) is 71.3 Å². The molecule has 0 fully saturated rings. The molecule has 0 radical (unpaired) electrons. The van der Waals surface area contributed by atoms with Crippen LogP contribution in [0.15, 0.2) is 0 Å². The maximum Gasteiger partial charge on any atom is 0.268 e. The second-order valence-electron chi connectivity index (χ2n) is 13.2. The average Bonchev–Trinajstić information content (AvgIpc) is 2.93. The van der Waals surface area contributed by atoms with Crippen LogP contribution in [0, 0.1) is 0 Å². The van der Waals surface area contributed by atoms with Crippen molar-refractivity contribution in [3.8, 4) is 0 Å². The van der Waals surface area contributed by atoms with Crippen molar-refractivity contribution in [3.05, 3.63) is 0 Å². The van der Waals surface area contributed by atoms with Crippen molar-refractivity contribution in [2.45, 2.75) is 161 Å². The summed E-state index contributed by atoms with van der Waals surface area (Å²) in [6.45, 7) is 6.75. The summed E-state index contributed by atoms with van der Waals surface area (Å²) < 4.78 is 35.0. The fourth-order valence-corrected chi connectivity index (χ4v) is 5.61. The first-order valence-electron chi connectivity index (χ1n) is 17.8. The van der Waals surface area contributed by atoms with E-state index in [9.17, 15) is 9.46 Å². The van der Waals surface area contributed by atoms with E-state index < -0.39 is 13.9 Å². The third kappa shape index (κ3) is 32.9. The number of phosphoric ester groups is 1. The molecule has 0 heterocycles. The SMILES string of the molecule is CCCCCCCCCCCCCOC[C@H](COP(=O)([O-])OCC[N+](C)(C)C)OCCCCCCCCCCCCC. The highest BCUT2D eigenvalue weighted by molar-refractivity contribution is 7.45. The molecule has 0 N–H and O–H groups in total. The van der Waals surface area contributed by atoms with Gasteiger partial charge >= 0.3 is 0 Å². The summed E-state index contributed by atoms with van der Waals surface area (Å²) in [5, 5.41) is 0. The lowest BCUT2D eigenvalue weighted by Gasteiger charge is -2.28. The molecule has 0 saturated heterocycles. The molecule has 1 unspecified atom stereocenters. The summed E-state index contributed by atoms with van der Waals surface area (Å²) in [5.41, 5.74) is 0. The quantitative estimate of drug-likeness (QED) is 0.0405. The van der Waals surface area contributed by atoms with Gasteiger partial charge in [-0.15, -0.1) is 0 Å². The molecule has 8 heteroatoms. The van der Waals surface area contributed by atoms with E-state index in [2.05, 4.69) is 13.8 Å². The lowest BCUT2D eigenvalue weighted by Crippen LogP contribution is -2.37. The average molecular weight is 622 g/mol. The summed E-state index contributed by atoms with van der Waals surface area (Å²) in [6.07, 6.45) is 28.0. The minimum absolute atomic E-state index is 0.0680. The predicted octanol–water partition coefficient (Wildman–Crippen LogP) is 9.22. The van der Waals surface area contributed by atoms with Gasteiger partial charge in [0.25, 0.3) is 7.82 Å². The van der Waals surface area contributed by atoms with Crippen molar-refractivity contribution in [3.63, 3.8) is 0 Å². The monoisotopic (exact) mass is 622 g/mol. The van der Waals surface area contributed by atoms with E-state index in [4.69, 9.17) is 18.5 Å². The molecular weight excluding hydrogens is 549 g/mol. The first kappa shape index (κ1) is 42.0. The first-order chi connectivity index (χ1) is 20.2. The number of ether oxygens (including phenoxy) is 2. The molecular formula is C34H72NO6P. The molecule has 0 saturated carbocycles. The van der Waals surface area contributed by atoms with Gasteiger partial charge in [0.05, 0.1) is 34.4 Å². The number of likely N-dealkylation sites (N-methyl/N-ethyl adjacent to an activating group) is 1. The summed E-state index contributed by atoms with van der Waals surface area (Å²) in [5.74, 6) is 0. The molecule has 0 rings (SSSR count). The van der Waals surface area contributed by atoms with Crippen molar-refractivity contribution in [2.75, 3.05) is 60.7 Å². The van der Waals surface area contributed by atoms with Gasteiger partial charge in [0.15, 0.2) is 0 Å². The van der Waals surface area contributed by atoms with Crippen LogP contribution < -0.4 is 4.89 Å². The maximum atomic E-state index is 12.3. The normalized spacial score (nSPS) is 14.3. The fraction of sp³-hybridized carbons (Fsp3) is 1.00. The number of quaternary nitrogens is 1. The van der Waals surface area contributed by atoms with E-state index in [0.29, 0.717) is 30.8 Å². The number of hydrogen-bond donors (Lipinski definition) is 0. The molecule has 0 aromatic carbocycles. The maximum absolute atomic E-state index is 12.3. The van der Waals surface area contributed by atoms with Crippen LogP contribution in [0.3, 0.4) is 0 Å². The summed E-state index contributed by atoms with van der Waals surface area (Å²) in [7, 11) is 1.60. The topological polar surface area (TPSA) is 77.1 Å². The molecule has 0 aliphatic rings. The number of unbranched alkanes of at least 4 members (excludes halogenated alkanes) is 20. The molecule has 2 atom stereocenters. The minimum Gasteiger partial charge on any atom is -0.756 e. The Bertz CT molecular complexity index is 601. The predicted molar refractivity (Wildman–Crippen MR) is 176 cm³/mol. The Morgan fingerprint density at radius 3 is 1.38 bits per heavy atom. The largest absolute Gasteiger partial charge is 0.756 e. The summed E-state index contributed by atoms with van der Waals surface area (Å²) >= 11 is 0. The highest BCUT2D eigenvalue weighted by Gasteiger charge is 2.17. The van der Waals surface area contributed by atoms with Gasteiger partial charge in [-0.05, 0) is 12.8 Å². The van der Waals surface area contributed by atoms with Gasteiger partial charge in [0.1, 0.15) is 19.3 Å². The summed E-state index contributed by atoms with van der Waals surface area (Å²) in [6, 6.07) is 0. The minimum atomic E-state index is -4.37. The highest BCUT2D eigenvalue weighted by Crippen LogP contribution is 2.38. The van der Waals surface area contributed by atoms with Crippen LogP contribution in [0.25, 0.3) is 0 Å². The first-order valence-corrected chi connectivity index (χ1v) is 19.3. The van der Waals surface area contributed by atoms with Crippen molar-refractivity contribution in [2.24, 2.45) is 0 Å². The smallest absolute Gasteiger partial charge is 0.268 e. The van der Waals surface area contributed by atoms with Gasteiger partial charge in [-0.1, -0.05) is 142 Å². The number of rotatable bonds is 34. The Labute approximate surface area is 262 Å². The molecule has 0 aromatic heterocycles. The van der Waals surface area contributed by atoms with E-state index in [1.165, 1.54) is 122 Å². The Kier molecular flexibility index (Phi) is 29.7. The zero-order chi connectivity index (χ0) is 31.2. The lowest BCUT2D eigenvalue weighted by atomic mass is 10.1. The van der Waals surface area contributed by atoms with Gasteiger partial charge < -0.3 is 27.9 Å². The van der Waals surface area contributed by atoms with Gasteiger partial charge in [-0.25, -0.2) is 0 Å². The van der Waals surface area contributed by atoms with E-state index in [-0.39, 0.29) is 13.2 Å². The van der Waals surface area contributed by atoms with Gasteiger partial charge in [0, 0.05) is 13.2 Å². The van der Waals surface area contributed by atoms with Gasteiger partial charge in [0.2, 0.25) is 0 Å². The van der Waals surface area contributed by atoms with Crippen molar-refractivity contribution in [1.82, 2.24) is 0 Å². The van der Waals surface area contributed by atoms with E-state index >= 15 is 0 Å². The lowest BCUT2D eigenvalue weighted by molar-refractivity contribution is -0.870. The fourth-order valence-electron chi connectivity index (χ4n) is 4.88. The van der Waals surface area contributed by atoms with Crippen LogP contribution in [0.4, 0.5) is 0 Å². The standard InChI is InChI=1S/C34H72NO6P/c1-6-8-10-12-14-16-18-20-22-24-26-29-38-32-34(33-41-42(36,37)40-31-28-35(3,4)5)39-30-27-25-23-21-19-17-15-13-11-9-7-2/h34H,6-33H2,1-5H3/t34-/m1/s1. The third-order valence-corrected chi connectivity index (χ3v) is 8.69. The molecule has 0 aromatic rings. The van der Waals surface area contributed by atoms with Crippen LogP contribution in [0.1, 0.15) is 155 Å². The number of hydrogen-bond acceptors (Lipinski definition) is 6. The molecule has 42 heavy (non-hydrogen) atoms. The number of nitrogens with zero attached hydrogens (tertiary/aromatic N) is 1. The van der Waals surface area contributed by atoms with Crippen molar-refractivity contribution in [1.29, 1.82) is 0 Å². The molecule has 254 valence electrons. The zero-order valence-electron chi connectivity index (χ0n) is 28.7. The molecule has 0 aliphatic heterocycles. The van der Waals surface area contributed by atoms with Crippen LogP contribution >= 0.6 is 7.82 Å². The molecule has 0 bridgehead atoms. The summed E-state index contributed by atoms with van der Waals surface area (Å²) in [4.78, 5) is 12.3. The Hall–Kier alpha value is -0.0100. The number of phosphoric acid groups is 1. The molecule has 0 amide bonds. The molecule has 7 nitrogen and oxygen atoms in total. The van der Waals surface area contributed by atoms with E-state index in [1.54, 1.807) is 0 Å². The molecule has 0 aliphatic carbocycles. The third-order valence-electron chi connectivity index (χ3n) is 7.73. The second kappa shape index (κ2) is 29.7. The van der Waals surface area contributed by atoms with Crippen molar-refractivity contribution < 1.29 is 32.5 Å². The van der Waals surface area contributed by atoms with E-state index in [1.807, 2.05) is 21.1 Å². The van der Waals surface area contributed by atoms with Crippen molar-refractivity contribution >= 4 is 7.82 Å². The van der Waals surface area contributed by atoms with Gasteiger partial charge in [-0.2, -0.15) is 0 Å². The van der Waals surface area contributed by atoms with Gasteiger partial charge in [-0.3, -0.25) is 4.57 Å². The Morgan fingerprint density at radius 2 is 0.952 bits per heavy atom. The second-order valence-corrected chi connectivity index (χ2v) is 14.6. The zero-order valence-corrected chi connectivity index (χ0v) is 29.6. The highest BCUT2D eigenvalue weighted by atomic mass is 31.2. The Morgan fingerprint density at radius 1 is 0.548 bits per heavy atom. The molecule has 0 spiro atoms. The Balaban J connectivity index is 4.15. The van der Waals surface area contributed by atoms with Crippen LogP contribution in [-0.2, 0) is 23.1 Å².